The van der Waals surface area contributed by atoms with Crippen LogP contribution in [0.2, 0.25) is 0 Å². The summed E-state index contributed by atoms with van der Waals surface area (Å²) in [6.07, 6.45) is 3.40. The Morgan fingerprint density at radius 2 is 1.81 bits per heavy atom. The molecule has 0 atom stereocenters. The number of hydrogen-bond donors (Lipinski definition) is 0. The molecule has 0 saturated heterocycles. The molecule has 21 heavy (non-hydrogen) atoms. The number of hydrogen-bond acceptors (Lipinski definition) is 4. The molecule has 0 unspecified atom stereocenters. The fourth-order valence-electron chi connectivity index (χ4n) is 1.78. The van der Waals surface area contributed by atoms with Crippen molar-refractivity contribution >= 4 is 34.5 Å². The molecular formula is C17H12O2S2. The highest BCUT2D eigenvalue weighted by Crippen LogP contribution is 2.30. The maximum absolute atomic E-state index is 12.0. The minimum atomic E-state index is 0.0176. The van der Waals surface area contributed by atoms with Crippen LogP contribution < -0.4 is 4.74 Å². The summed E-state index contributed by atoms with van der Waals surface area (Å²) < 4.78 is 5.82. The molecule has 0 radical (unpaired) electrons. The van der Waals surface area contributed by atoms with Gasteiger partial charge in [0.1, 0.15) is 11.5 Å². The van der Waals surface area contributed by atoms with Gasteiger partial charge < -0.3 is 4.74 Å². The number of para-hydroxylation sites is 1. The van der Waals surface area contributed by atoms with Gasteiger partial charge in [0.2, 0.25) is 0 Å². The van der Waals surface area contributed by atoms with Crippen molar-refractivity contribution in [2.24, 2.45) is 0 Å². The Hall–Kier alpha value is -2.17. The quantitative estimate of drug-likeness (QED) is 0.459. The Balaban J connectivity index is 1.75. The standard InChI is InChI=1S/C17H12O2S2/c18-14(16-7-4-11-20-16)8-9-17-15(10-12-21-17)19-13-5-2-1-3-6-13/h1-12H. The number of thiophene rings is 2. The van der Waals surface area contributed by atoms with Crippen molar-refractivity contribution in [1.82, 2.24) is 0 Å². The van der Waals surface area contributed by atoms with E-state index in [0.717, 1.165) is 21.3 Å². The van der Waals surface area contributed by atoms with Gasteiger partial charge in [0, 0.05) is 0 Å². The molecule has 0 aliphatic carbocycles. The zero-order valence-corrected chi connectivity index (χ0v) is 12.7. The molecule has 2 nitrogen and oxygen atoms in total. The van der Waals surface area contributed by atoms with Crippen LogP contribution in [0.25, 0.3) is 6.08 Å². The maximum Gasteiger partial charge on any atom is 0.195 e. The van der Waals surface area contributed by atoms with Gasteiger partial charge in [-0.2, -0.15) is 0 Å². The van der Waals surface area contributed by atoms with E-state index < -0.39 is 0 Å². The topological polar surface area (TPSA) is 26.3 Å². The minimum Gasteiger partial charge on any atom is -0.456 e. The lowest BCUT2D eigenvalue weighted by Crippen LogP contribution is -1.88. The smallest absolute Gasteiger partial charge is 0.195 e. The molecule has 3 aromatic rings. The van der Waals surface area contributed by atoms with E-state index in [0.29, 0.717) is 0 Å². The number of allylic oxidation sites excluding steroid dienone is 1. The van der Waals surface area contributed by atoms with E-state index >= 15 is 0 Å². The number of benzene rings is 1. The van der Waals surface area contributed by atoms with E-state index in [9.17, 15) is 4.79 Å². The van der Waals surface area contributed by atoms with E-state index in [-0.39, 0.29) is 5.78 Å². The first-order valence-corrected chi connectivity index (χ1v) is 8.15. The molecule has 0 amide bonds. The zero-order valence-electron chi connectivity index (χ0n) is 11.1. The van der Waals surface area contributed by atoms with Crippen molar-refractivity contribution in [2.45, 2.75) is 0 Å². The van der Waals surface area contributed by atoms with Crippen molar-refractivity contribution < 1.29 is 9.53 Å². The van der Waals surface area contributed by atoms with Crippen molar-refractivity contribution in [2.75, 3.05) is 0 Å². The van der Waals surface area contributed by atoms with Crippen molar-refractivity contribution in [3.8, 4) is 11.5 Å². The Labute approximate surface area is 131 Å². The molecule has 0 fully saturated rings. The molecule has 2 heterocycles. The summed E-state index contributed by atoms with van der Waals surface area (Å²) in [5.41, 5.74) is 0. The summed E-state index contributed by atoms with van der Waals surface area (Å²) in [6, 6.07) is 15.2. The predicted octanol–water partition coefficient (Wildman–Crippen LogP) is 5.50. The highest BCUT2D eigenvalue weighted by molar-refractivity contribution is 7.12. The number of ketones is 1. The molecular weight excluding hydrogens is 300 g/mol. The van der Waals surface area contributed by atoms with Gasteiger partial charge in [0.25, 0.3) is 0 Å². The SMILES string of the molecule is O=C(C=Cc1sccc1Oc1ccccc1)c1cccs1. The Morgan fingerprint density at radius 3 is 2.57 bits per heavy atom. The minimum absolute atomic E-state index is 0.0176. The lowest BCUT2D eigenvalue weighted by atomic mass is 10.3. The number of rotatable bonds is 5. The van der Waals surface area contributed by atoms with Crippen LogP contribution in [0.4, 0.5) is 0 Å². The molecule has 3 rings (SSSR count). The first kappa shape index (κ1) is 13.8. The van der Waals surface area contributed by atoms with Crippen LogP contribution in [0.5, 0.6) is 11.5 Å². The fourth-order valence-corrected chi connectivity index (χ4v) is 3.14. The average Bonchev–Trinajstić information content (AvgIpc) is 3.18. The summed E-state index contributed by atoms with van der Waals surface area (Å²) >= 11 is 2.99. The second-order valence-electron chi connectivity index (χ2n) is 4.24. The highest BCUT2D eigenvalue weighted by atomic mass is 32.1. The molecule has 4 heteroatoms. The monoisotopic (exact) mass is 312 g/mol. The van der Waals surface area contributed by atoms with Gasteiger partial charge in [-0.1, -0.05) is 24.3 Å². The maximum atomic E-state index is 12.0. The lowest BCUT2D eigenvalue weighted by Gasteiger charge is -2.04. The molecule has 0 aliphatic rings. The van der Waals surface area contributed by atoms with E-state index in [1.54, 1.807) is 17.4 Å². The van der Waals surface area contributed by atoms with Gasteiger partial charge in [-0.05, 0) is 47.2 Å². The summed E-state index contributed by atoms with van der Waals surface area (Å²) in [5.74, 6) is 1.57. The predicted molar refractivity (Wildman–Crippen MR) is 88.5 cm³/mol. The number of ether oxygens (including phenoxy) is 1. The van der Waals surface area contributed by atoms with Crippen molar-refractivity contribution in [3.63, 3.8) is 0 Å². The number of carbonyl (C=O) groups excluding carboxylic acids is 1. The van der Waals surface area contributed by atoms with E-state index in [2.05, 4.69) is 0 Å². The highest BCUT2D eigenvalue weighted by Gasteiger charge is 2.06. The zero-order chi connectivity index (χ0) is 14.5. The van der Waals surface area contributed by atoms with Gasteiger partial charge in [-0.15, -0.1) is 22.7 Å². The second-order valence-corrected chi connectivity index (χ2v) is 6.13. The van der Waals surface area contributed by atoms with Gasteiger partial charge in [-0.3, -0.25) is 4.79 Å². The molecule has 0 spiro atoms. The molecule has 0 N–H and O–H groups in total. The normalized spacial score (nSPS) is 10.9. The lowest BCUT2D eigenvalue weighted by molar-refractivity contribution is 0.105. The van der Waals surface area contributed by atoms with Gasteiger partial charge in [0.15, 0.2) is 5.78 Å². The third kappa shape index (κ3) is 3.48. The van der Waals surface area contributed by atoms with Crippen LogP contribution in [0.1, 0.15) is 14.5 Å². The van der Waals surface area contributed by atoms with Crippen molar-refractivity contribution in [1.29, 1.82) is 0 Å². The molecule has 0 bridgehead atoms. The Bertz CT molecular complexity index is 740. The van der Waals surface area contributed by atoms with Crippen LogP contribution >= 0.6 is 22.7 Å². The van der Waals surface area contributed by atoms with Crippen LogP contribution in [0.15, 0.2) is 65.4 Å². The third-order valence-electron chi connectivity index (χ3n) is 2.78. The third-order valence-corrected chi connectivity index (χ3v) is 4.53. The fraction of sp³-hybridized carbons (Fsp3) is 0. The molecule has 2 aromatic heterocycles. The van der Waals surface area contributed by atoms with E-state index in [1.807, 2.05) is 65.4 Å². The molecule has 0 saturated carbocycles. The van der Waals surface area contributed by atoms with Gasteiger partial charge in [-0.25, -0.2) is 0 Å². The van der Waals surface area contributed by atoms with Crippen LogP contribution in [-0.2, 0) is 0 Å². The average molecular weight is 312 g/mol. The van der Waals surface area contributed by atoms with E-state index in [1.165, 1.54) is 11.3 Å². The summed E-state index contributed by atoms with van der Waals surface area (Å²) in [6.45, 7) is 0. The largest absolute Gasteiger partial charge is 0.456 e. The van der Waals surface area contributed by atoms with Crippen molar-refractivity contribution in [3.05, 3.63) is 75.1 Å². The van der Waals surface area contributed by atoms with Crippen LogP contribution in [0, 0.1) is 0 Å². The Morgan fingerprint density at radius 1 is 0.952 bits per heavy atom. The van der Waals surface area contributed by atoms with Gasteiger partial charge >= 0.3 is 0 Å². The molecule has 104 valence electrons. The van der Waals surface area contributed by atoms with E-state index in [4.69, 9.17) is 4.74 Å². The van der Waals surface area contributed by atoms with Crippen LogP contribution in [0.3, 0.4) is 0 Å². The first-order valence-electron chi connectivity index (χ1n) is 6.39. The molecule has 1 aromatic carbocycles. The molecule has 0 aliphatic heterocycles. The second kappa shape index (κ2) is 6.52. The summed E-state index contributed by atoms with van der Waals surface area (Å²) in [5, 5.41) is 3.85. The van der Waals surface area contributed by atoms with Gasteiger partial charge in [0.05, 0.1) is 9.75 Å². The Kier molecular flexibility index (Phi) is 4.28. The first-order chi connectivity index (χ1) is 10.3. The summed E-state index contributed by atoms with van der Waals surface area (Å²) in [4.78, 5) is 13.6. The number of carbonyl (C=O) groups is 1. The summed E-state index contributed by atoms with van der Waals surface area (Å²) in [7, 11) is 0. The van der Waals surface area contributed by atoms with Crippen LogP contribution in [-0.4, -0.2) is 5.78 Å².